The van der Waals surface area contributed by atoms with E-state index in [1.54, 1.807) is 0 Å². The number of hydrogen-bond donors (Lipinski definition) is 2. The van der Waals surface area contributed by atoms with Crippen LogP contribution in [-0.2, 0) is 4.79 Å². The van der Waals surface area contributed by atoms with Crippen LogP contribution in [0.4, 0.5) is 0 Å². The Labute approximate surface area is 123 Å². The molecule has 2 unspecified atom stereocenters. The average molecular weight is 284 g/mol. The standard InChI is InChI=1S/C16H32N2O2/c1-12(2)11-13(3)18(5)10-6-9-16(4,15(19)20)17-14-7-8-14/h12-14,17H,6-11H2,1-5H3,(H,19,20). The lowest BCUT2D eigenvalue weighted by Crippen LogP contribution is -2.51. The summed E-state index contributed by atoms with van der Waals surface area (Å²) in [5.41, 5.74) is -0.761. The van der Waals surface area contributed by atoms with E-state index in [1.807, 2.05) is 6.92 Å². The molecule has 1 rings (SSSR count). The van der Waals surface area contributed by atoms with Crippen molar-refractivity contribution in [1.29, 1.82) is 0 Å². The van der Waals surface area contributed by atoms with Gasteiger partial charge in [-0.25, -0.2) is 0 Å². The highest BCUT2D eigenvalue weighted by Gasteiger charge is 2.37. The minimum Gasteiger partial charge on any atom is -0.480 e. The second-order valence-electron chi connectivity index (χ2n) is 7.12. The fraction of sp³-hybridized carbons (Fsp3) is 0.938. The van der Waals surface area contributed by atoms with E-state index in [9.17, 15) is 9.90 Å². The minimum absolute atomic E-state index is 0.425. The highest BCUT2D eigenvalue weighted by atomic mass is 16.4. The van der Waals surface area contributed by atoms with E-state index in [2.05, 4.69) is 38.0 Å². The molecule has 0 aromatic carbocycles. The van der Waals surface area contributed by atoms with Crippen molar-refractivity contribution in [2.24, 2.45) is 5.92 Å². The molecule has 2 atom stereocenters. The molecule has 0 aromatic heterocycles. The van der Waals surface area contributed by atoms with Gasteiger partial charge in [0, 0.05) is 12.1 Å². The third-order valence-corrected chi connectivity index (χ3v) is 4.32. The lowest BCUT2D eigenvalue weighted by atomic mass is 9.95. The first-order valence-corrected chi connectivity index (χ1v) is 7.96. The number of carboxylic acids is 1. The van der Waals surface area contributed by atoms with E-state index in [0.717, 1.165) is 25.8 Å². The normalized spacial score (nSPS) is 20.1. The van der Waals surface area contributed by atoms with Crippen molar-refractivity contribution in [3.8, 4) is 0 Å². The second kappa shape index (κ2) is 7.41. The van der Waals surface area contributed by atoms with E-state index in [4.69, 9.17) is 0 Å². The molecule has 118 valence electrons. The molecule has 2 N–H and O–H groups in total. The molecule has 4 heteroatoms. The second-order valence-corrected chi connectivity index (χ2v) is 7.12. The van der Waals surface area contributed by atoms with E-state index < -0.39 is 11.5 Å². The van der Waals surface area contributed by atoms with Gasteiger partial charge < -0.3 is 10.0 Å². The van der Waals surface area contributed by atoms with Gasteiger partial charge in [0.05, 0.1) is 0 Å². The highest BCUT2D eigenvalue weighted by Crippen LogP contribution is 2.25. The molecule has 1 saturated carbocycles. The summed E-state index contributed by atoms with van der Waals surface area (Å²) in [6, 6.07) is 0.983. The van der Waals surface area contributed by atoms with Crippen molar-refractivity contribution in [3.63, 3.8) is 0 Å². The van der Waals surface area contributed by atoms with Crippen LogP contribution in [0.5, 0.6) is 0 Å². The Kier molecular flexibility index (Phi) is 6.46. The van der Waals surface area contributed by atoms with Crippen LogP contribution < -0.4 is 5.32 Å². The first kappa shape index (κ1) is 17.4. The molecule has 0 bridgehead atoms. The Bertz CT molecular complexity index is 316. The third kappa shape index (κ3) is 5.80. The van der Waals surface area contributed by atoms with Gasteiger partial charge in [0.15, 0.2) is 0 Å². The van der Waals surface area contributed by atoms with E-state index in [1.165, 1.54) is 6.42 Å². The fourth-order valence-corrected chi connectivity index (χ4v) is 2.68. The molecule has 20 heavy (non-hydrogen) atoms. The van der Waals surface area contributed by atoms with Gasteiger partial charge in [-0.2, -0.15) is 0 Å². The fourth-order valence-electron chi connectivity index (χ4n) is 2.68. The van der Waals surface area contributed by atoms with E-state index in [-0.39, 0.29) is 0 Å². The van der Waals surface area contributed by atoms with Crippen LogP contribution in [0, 0.1) is 5.92 Å². The van der Waals surface area contributed by atoms with Crippen molar-refractivity contribution >= 4 is 5.97 Å². The molecule has 0 aliphatic heterocycles. The number of aliphatic carboxylic acids is 1. The maximum Gasteiger partial charge on any atom is 0.323 e. The van der Waals surface area contributed by atoms with Crippen molar-refractivity contribution in [2.45, 2.75) is 77.4 Å². The predicted octanol–water partition coefficient (Wildman–Crippen LogP) is 2.73. The molecule has 0 saturated heterocycles. The molecular formula is C16H32N2O2. The summed E-state index contributed by atoms with van der Waals surface area (Å²) < 4.78 is 0. The molecular weight excluding hydrogens is 252 g/mol. The van der Waals surface area contributed by atoms with Crippen LogP contribution in [-0.4, -0.2) is 47.2 Å². The summed E-state index contributed by atoms with van der Waals surface area (Å²) in [5, 5.41) is 12.7. The molecule has 1 fully saturated rings. The van der Waals surface area contributed by atoms with Crippen LogP contribution in [0.2, 0.25) is 0 Å². The number of nitrogens with one attached hydrogen (secondary N) is 1. The zero-order valence-electron chi connectivity index (χ0n) is 13.8. The van der Waals surface area contributed by atoms with Gasteiger partial charge in [-0.3, -0.25) is 10.1 Å². The molecule has 0 spiro atoms. The van der Waals surface area contributed by atoms with Crippen molar-refractivity contribution in [1.82, 2.24) is 10.2 Å². The van der Waals surface area contributed by atoms with Crippen LogP contribution in [0.3, 0.4) is 0 Å². The summed E-state index contributed by atoms with van der Waals surface area (Å²) in [7, 11) is 2.14. The van der Waals surface area contributed by atoms with Crippen molar-refractivity contribution < 1.29 is 9.90 Å². The van der Waals surface area contributed by atoms with Gasteiger partial charge in [0.2, 0.25) is 0 Å². The molecule has 0 radical (unpaired) electrons. The summed E-state index contributed by atoms with van der Waals surface area (Å²) in [5.74, 6) is -0.0180. The SMILES string of the molecule is CC(C)CC(C)N(C)CCCC(C)(NC1CC1)C(=O)O. The topological polar surface area (TPSA) is 52.6 Å². The summed E-state index contributed by atoms with van der Waals surface area (Å²) in [6.45, 7) is 9.52. The smallest absolute Gasteiger partial charge is 0.323 e. The van der Waals surface area contributed by atoms with Gasteiger partial charge >= 0.3 is 5.97 Å². The summed E-state index contributed by atoms with van der Waals surface area (Å²) in [6.07, 6.45) is 5.04. The van der Waals surface area contributed by atoms with Gasteiger partial charge in [0.1, 0.15) is 5.54 Å². The van der Waals surface area contributed by atoms with Crippen LogP contribution in [0.25, 0.3) is 0 Å². The van der Waals surface area contributed by atoms with Crippen molar-refractivity contribution in [2.75, 3.05) is 13.6 Å². The monoisotopic (exact) mass is 284 g/mol. The van der Waals surface area contributed by atoms with Crippen LogP contribution >= 0.6 is 0 Å². The van der Waals surface area contributed by atoms with E-state index >= 15 is 0 Å². The average Bonchev–Trinajstić information content (AvgIpc) is 3.11. The number of carboxylic acid groups (broad SMARTS) is 1. The molecule has 1 aliphatic rings. The van der Waals surface area contributed by atoms with E-state index in [0.29, 0.717) is 24.4 Å². The van der Waals surface area contributed by atoms with Crippen molar-refractivity contribution in [3.05, 3.63) is 0 Å². The maximum absolute atomic E-state index is 11.5. The summed E-state index contributed by atoms with van der Waals surface area (Å²) in [4.78, 5) is 13.8. The molecule has 1 aliphatic carbocycles. The first-order chi connectivity index (χ1) is 9.24. The Balaban J connectivity index is 2.34. The number of carbonyl (C=O) groups is 1. The Hall–Kier alpha value is -0.610. The zero-order valence-corrected chi connectivity index (χ0v) is 13.8. The Morgan fingerprint density at radius 2 is 2.00 bits per heavy atom. The lowest BCUT2D eigenvalue weighted by molar-refractivity contribution is -0.144. The Morgan fingerprint density at radius 3 is 2.45 bits per heavy atom. The van der Waals surface area contributed by atoms with Crippen LogP contribution in [0.15, 0.2) is 0 Å². The third-order valence-electron chi connectivity index (χ3n) is 4.32. The minimum atomic E-state index is -0.761. The quantitative estimate of drug-likeness (QED) is 0.647. The number of nitrogens with zero attached hydrogens (tertiary/aromatic N) is 1. The molecule has 0 aromatic rings. The largest absolute Gasteiger partial charge is 0.480 e. The highest BCUT2D eigenvalue weighted by molar-refractivity contribution is 5.78. The predicted molar refractivity (Wildman–Crippen MR) is 83.0 cm³/mol. The van der Waals surface area contributed by atoms with Gasteiger partial charge in [-0.15, -0.1) is 0 Å². The van der Waals surface area contributed by atoms with Gasteiger partial charge in [-0.1, -0.05) is 13.8 Å². The first-order valence-electron chi connectivity index (χ1n) is 7.96. The van der Waals surface area contributed by atoms with Gasteiger partial charge in [-0.05, 0) is 65.5 Å². The summed E-state index contributed by atoms with van der Waals surface area (Å²) >= 11 is 0. The lowest BCUT2D eigenvalue weighted by Gasteiger charge is -2.30. The van der Waals surface area contributed by atoms with Gasteiger partial charge in [0.25, 0.3) is 0 Å². The molecule has 0 amide bonds. The molecule has 0 heterocycles. The number of rotatable bonds is 10. The Morgan fingerprint density at radius 1 is 1.40 bits per heavy atom. The van der Waals surface area contributed by atoms with Crippen LogP contribution in [0.1, 0.15) is 59.8 Å². The maximum atomic E-state index is 11.5. The number of hydrogen-bond acceptors (Lipinski definition) is 3. The molecule has 4 nitrogen and oxygen atoms in total. The zero-order chi connectivity index (χ0) is 15.3.